The van der Waals surface area contributed by atoms with Crippen LogP contribution < -0.4 is 4.90 Å². The van der Waals surface area contributed by atoms with E-state index in [1.807, 2.05) is 47.6 Å². The van der Waals surface area contributed by atoms with E-state index in [9.17, 15) is 9.59 Å². The molecule has 1 fully saturated rings. The molecule has 1 aliphatic rings. The first kappa shape index (κ1) is 29.9. The minimum atomic E-state index is -1.30. The fourth-order valence-corrected chi connectivity index (χ4v) is 4.85. The molecule has 1 aliphatic heterocycles. The highest BCUT2D eigenvalue weighted by molar-refractivity contribution is 6.76. The Bertz CT molecular complexity index is 1120. The lowest BCUT2D eigenvalue weighted by Crippen LogP contribution is -2.42. The second kappa shape index (κ2) is 11.6. The SMILES string of the molecule is CC(C)(C)OC(=O)N1CCCC(c2cc(N(COCC[Si](C)(C)C)C(=O)OC(C)(C)C)n3nccc3n2)C1. The summed E-state index contributed by atoms with van der Waals surface area (Å²) < 4.78 is 19.0. The van der Waals surface area contributed by atoms with E-state index in [1.54, 1.807) is 21.7 Å². The van der Waals surface area contributed by atoms with Crippen LogP contribution in [0.3, 0.4) is 0 Å². The normalized spacial score (nSPS) is 17.0. The van der Waals surface area contributed by atoms with Crippen LogP contribution in [0.2, 0.25) is 25.7 Å². The van der Waals surface area contributed by atoms with Crippen LogP contribution >= 0.6 is 0 Å². The molecule has 0 aliphatic carbocycles. The minimum Gasteiger partial charge on any atom is -0.444 e. The van der Waals surface area contributed by atoms with Crippen molar-refractivity contribution < 1.29 is 23.8 Å². The molecule has 3 heterocycles. The molecule has 2 aromatic heterocycles. The zero-order valence-electron chi connectivity index (χ0n) is 24.5. The van der Waals surface area contributed by atoms with E-state index >= 15 is 0 Å². The molecular formula is C27H45N5O5Si. The molecule has 0 saturated carbocycles. The number of amides is 2. The Morgan fingerprint density at radius 2 is 1.79 bits per heavy atom. The average Bonchev–Trinajstić information content (AvgIpc) is 3.24. The highest BCUT2D eigenvalue weighted by Gasteiger charge is 2.31. The van der Waals surface area contributed by atoms with Gasteiger partial charge in [-0.1, -0.05) is 19.6 Å². The van der Waals surface area contributed by atoms with Crippen molar-refractivity contribution >= 4 is 31.7 Å². The van der Waals surface area contributed by atoms with Gasteiger partial charge in [0.05, 0.1) is 11.9 Å². The van der Waals surface area contributed by atoms with Crippen LogP contribution in [-0.4, -0.2) is 77.4 Å². The average molecular weight is 548 g/mol. The molecule has 2 aromatic rings. The lowest BCUT2D eigenvalue weighted by atomic mass is 9.94. The number of hydrogen-bond acceptors (Lipinski definition) is 7. The van der Waals surface area contributed by atoms with Crippen molar-refractivity contribution in [1.82, 2.24) is 19.5 Å². The number of fused-ring (bicyclic) bond motifs is 1. The summed E-state index contributed by atoms with van der Waals surface area (Å²) in [5.74, 6) is 0.509. The van der Waals surface area contributed by atoms with E-state index in [1.165, 1.54) is 4.90 Å². The summed E-state index contributed by atoms with van der Waals surface area (Å²) in [4.78, 5) is 34.2. The number of ether oxygens (including phenoxy) is 3. The number of likely N-dealkylation sites (tertiary alicyclic amines) is 1. The first-order chi connectivity index (χ1) is 17.5. The third-order valence-electron chi connectivity index (χ3n) is 5.96. The van der Waals surface area contributed by atoms with E-state index in [2.05, 4.69) is 24.7 Å². The van der Waals surface area contributed by atoms with Gasteiger partial charge in [0, 0.05) is 45.8 Å². The number of nitrogens with zero attached hydrogens (tertiary/aromatic N) is 5. The molecular weight excluding hydrogens is 502 g/mol. The Labute approximate surface area is 227 Å². The van der Waals surface area contributed by atoms with Crippen molar-refractivity contribution in [3.8, 4) is 0 Å². The van der Waals surface area contributed by atoms with E-state index in [0.29, 0.717) is 31.2 Å². The quantitative estimate of drug-likeness (QED) is 0.242. The lowest BCUT2D eigenvalue weighted by molar-refractivity contribution is 0.0197. The molecule has 212 valence electrons. The number of anilines is 1. The lowest BCUT2D eigenvalue weighted by Gasteiger charge is -2.34. The molecule has 2 amide bonds. The van der Waals surface area contributed by atoms with E-state index in [0.717, 1.165) is 24.6 Å². The van der Waals surface area contributed by atoms with Crippen LogP contribution in [0.1, 0.15) is 66.0 Å². The zero-order chi connectivity index (χ0) is 28.3. The summed E-state index contributed by atoms with van der Waals surface area (Å²) >= 11 is 0. The molecule has 3 rings (SSSR count). The number of hydrogen-bond donors (Lipinski definition) is 0. The number of rotatable bonds is 7. The van der Waals surface area contributed by atoms with Crippen molar-refractivity contribution in [2.75, 3.05) is 31.3 Å². The van der Waals surface area contributed by atoms with Crippen molar-refractivity contribution in [2.24, 2.45) is 0 Å². The zero-order valence-corrected chi connectivity index (χ0v) is 25.5. The van der Waals surface area contributed by atoms with Crippen LogP contribution in [0.15, 0.2) is 18.3 Å². The number of piperidine rings is 1. The fourth-order valence-electron chi connectivity index (χ4n) is 4.09. The van der Waals surface area contributed by atoms with Gasteiger partial charge < -0.3 is 19.1 Å². The van der Waals surface area contributed by atoms with Crippen LogP contribution in [0.25, 0.3) is 5.65 Å². The minimum absolute atomic E-state index is 0.0109. The molecule has 38 heavy (non-hydrogen) atoms. The third kappa shape index (κ3) is 8.69. The Kier molecular flexibility index (Phi) is 9.13. The second-order valence-corrected chi connectivity index (χ2v) is 18.8. The monoisotopic (exact) mass is 547 g/mol. The molecule has 0 radical (unpaired) electrons. The maximum absolute atomic E-state index is 13.4. The molecule has 1 saturated heterocycles. The van der Waals surface area contributed by atoms with Gasteiger partial charge in [-0.05, 0) is 60.4 Å². The first-order valence-corrected chi connectivity index (χ1v) is 17.1. The summed E-state index contributed by atoms with van der Waals surface area (Å²) in [6, 6.07) is 4.66. The van der Waals surface area contributed by atoms with Crippen molar-refractivity contribution in [1.29, 1.82) is 0 Å². The van der Waals surface area contributed by atoms with Crippen molar-refractivity contribution in [3.63, 3.8) is 0 Å². The van der Waals surface area contributed by atoms with Crippen LogP contribution in [0.4, 0.5) is 15.4 Å². The Morgan fingerprint density at radius 3 is 2.42 bits per heavy atom. The molecule has 0 bridgehead atoms. The van der Waals surface area contributed by atoms with Crippen LogP contribution in [0.5, 0.6) is 0 Å². The van der Waals surface area contributed by atoms with Gasteiger partial charge in [0.1, 0.15) is 23.8 Å². The predicted octanol–water partition coefficient (Wildman–Crippen LogP) is 5.90. The standard InChI is InChI=1S/C27H45N5O5Si/c1-26(2,3)36-24(33)30-14-10-11-20(18-30)21-17-23(32-22(29-21)12-13-28-32)31(25(34)37-27(4,5)6)19-35-15-16-38(7,8)9/h12-13,17,20H,10-11,14-16,18-19H2,1-9H3. The molecule has 1 atom stereocenters. The smallest absolute Gasteiger partial charge is 0.417 e. The van der Waals surface area contributed by atoms with Crippen molar-refractivity contribution in [3.05, 3.63) is 24.0 Å². The van der Waals surface area contributed by atoms with Gasteiger partial charge in [-0.25, -0.2) is 19.5 Å². The summed E-state index contributed by atoms with van der Waals surface area (Å²) in [6.45, 7) is 19.7. The van der Waals surface area contributed by atoms with Gasteiger partial charge in [-0.3, -0.25) is 0 Å². The molecule has 10 nitrogen and oxygen atoms in total. The second-order valence-electron chi connectivity index (χ2n) is 13.2. The Balaban J connectivity index is 1.92. The number of carbonyl (C=O) groups excluding carboxylic acids is 2. The highest BCUT2D eigenvalue weighted by atomic mass is 28.3. The van der Waals surface area contributed by atoms with E-state index < -0.39 is 25.4 Å². The first-order valence-electron chi connectivity index (χ1n) is 13.4. The third-order valence-corrected chi connectivity index (χ3v) is 7.66. The molecule has 0 N–H and O–H groups in total. The van der Waals surface area contributed by atoms with Gasteiger partial charge >= 0.3 is 12.2 Å². The fraction of sp³-hybridized carbons (Fsp3) is 0.704. The summed E-state index contributed by atoms with van der Waals surface area (Å²) in [5.41, 5.74) is 0.166. The molecule has 1 unspecified atom stereocenters. The predicted molar refractivity (Wildman–Crippen MR) is 150 cm³/mol. The summed E-state index contributed by atoms with van der Waals surface area (Å²) in [5, 5.41) is 4.43. The van der Waals surface area contributed by atoms with Gasteiger partial charge in [-0.15, -0.1) is 0 Å². The summed E-state index contributed by atoms with van der Waals surface area (Å²) in [6.07, 6.45) is 2.52. The number of aromatic nitrogens is 3. The van der Waals surface area contributed by atoms with Crippen LogP contribution in [-0.2, 0) is 14.2 Å². The topological polar surface area (TPSA) is 98.5 Å². The van der Waals surface area contributed by atoms with Gasteiger partial charge in [0.15, 0.2) is 5.65 Å². The van der Waals surface area contributed by atoms with E-state index in [4.69, 9.17) is 19.2 Å². The molecule has 0 aromatic carbocycles. The van der Waals surface area contributed by atoms with Crippen LogP contribution in [0, 0.1) is 0 Å². The van der Waals surface area contributed by atoms with Gasteiger partial charge in [0.25, 0.3) is 0 Å². The highest BCUT2D eigenvalue weighted by Crippen LogP contribution is 2.30. The Morgan fingerprint density at radius 1 is 1.11 bits per heavy atom. The van der Waals surface area contributed by atoms with Crippen molar-refractivity contribution in [2.45, 2.75) is 97.2 Å². The molecule has 11 heteroatoms. The van der Waals surface area contributed by atoms with Gasteiger partial charge in [-0.2, -0.15) is 9.61 Å². The van der Waals surface area contributed by atoms with E-state index in [-0.39, 0.29) is 18.7 Å². The maximum Gasteiger partial charge on any atom is 0.417 e. The molecule has 0 spiro atoms. The van der Waals surface area contributed by atoms with Gasteiger partial charge in [0.2, 0.25) is 0 Å². The Hall–Kier alpha value is -2.66. The maximum atomic E-state index is 13.4. The largest absolute Gasteiger partial charge is 0.444 e. The summed E-state index contributed by atoms with van der Waals surface area (Å²) in [7, 11) is -1.30. The number of carbonyl (C=O) groups is 2.